The van der Waals surface area contributed by atoms with Gasteiger partial charge in [-0.05, 0) is 29.8 Å². The van der Waals surface area contributed by atoms with E-state index < -0.39 is 0 Å². The highest BCUT2D eigenvalue weighted by Gasteiger charge is 2.23. The summed E-state index contributed by atoms with van der Waals surface area (Å²) in [5.41, 5.74) is 9.46. The standard InChI is InChI=1S/C18H17N3O4/c1-22-12-5-3-10(4-6-12)15-16(20-21-18(15)19)11-7-13(23-2)17-14(8-11)24-9-25-17/h3-8H,9H2,1-2H3,(H3,19,20,21). The molecule has 25 heavy (non-hydrogen) atoms. The van der Waals surface area contributed by atoms with Gasteiger partial charge in [-0.2, -0.15) is 5.10 Å². The molecule has 3 N–H and O–H groups in total. The number of H-pyrrole nitrogens is 1. The molecule has 128 valence electrons. The second-order valence-electron chi connectivity index (χ2n) is 5.50. The molecule has 0 aliphatic carbocycles. The van der Waals surface area contributed by atoms with Crippen LogP contribution in [0.2, 0.25) is 0 Å². The molecular weight excluding hydrogens is 322 g/mol. The van der Waals surface area contributed by atoms with Gasteiger partial charge in [-0.25, -0.2) is 0 Å². The van der Waals surface area contributed by atoms with Crippen molar-refractivity contribution in [2.75, 3.05) is 26.7 Å². The van der Waals surface area contributed by atoms with Gasteiger partial charge in [-0.3, -0.25) is 5.10 Å². The van der Waals surface area contributed by atoms with Crippen LogP contribution in [0, 0.1) is 0 Å². The number of hydrogen-bond acceptors (Lipinski definition) is 6. The molecule has 1 aromatic heterocycles. The smallest absolute Gasteiger partial charge is 0.231 e. The summed E-state index contributed by atoms with van der Waals surface area (Å²) < 4.78 is 21.6. The summed E-state index contributed by atoms with van der Waals surface area (Å²) in [7, 11) is 3.22. The number of ether oxygens (including phenoxy) is 4. The fraction of sp³-hybridized carbons (Fsp3) is 0.167. The molecule has 0 saturated heterocycles. The van der Waals surface area contributed by atoms with Gasteiger partial charge in [0, 0.05) is 5.56 Å². The highest BCUT2D eigenvalue weighted by molar-refractivity contribution is 5.89. The molecule has 7 heteroatoms. The second kappa shape index (κ2) is 5.94. The van der Waals surface area contributed by atoms with Gasteiger partial charge in [0.15, 0.2) is 17.3 Å². The minimum atomic E-state index is 0.172. The van der Waals surface area contributed by atoms with E-state index >= 15 is 0 Å². The van der Waals surface area contributed by atoms with Gasteiger partial charge in [0.1, 0.15) is 5.75 Å². The summed E-state index contributed by atoms with van der Waals surface area (Å²) in [5.74, 6) is 3.01. The molecular formula is C18H17N3O4. The van der Waals surface area contributed by atoms with Crippen molar-refractivity contribution in [3.05, 3.63) is 36.4 Å². The molecule has 0 fully saturated rings. The van der Waals surface area contributed by atoms with Crippen molar-refractivity contribution in [1.82, 2.24) is 10.2 Å². The first kappa shape index (κ1) is 15.2. The van der Waals surface area contributed by atoms with Crippen molar-refractivity contribution in [1.29, 1.82) is 0 Å². The van der Waals surface area contributed by atoms with E-state index in [1.54, 1.807) is 14.2 Å². The molecule has 2 heterocycles. The minimum absolute atomic E-state index is 0.172. The topological polar surface area (TPSA) is 91.6 Å². The van der Waals surface area contributed by atoms with E-state index in [1.807, 2.05) is 36.4 Å². The molecule has 1 aliphatic heterocycles. The van der Waals surface area contributed by atoms with Crippen molar-refractivity contribution < 1.29 is 18.9 Å². The average Bonchev–Trinajstić information content (AvgIpc) is 3.27. The monoisotopic (exact) mass is 339 g/mol. The normalized spacial score (nSPS) is 12.2. The van der Waals surface area contributed by atoms with E-state index in [2.05, 4.69) is 10.2 Å². The Bertz CT molecular complexity index is 919. The lowest BCUT2D eigenvalue weighted by Crippen LogP contribution is -1.93. The molecule has 3 aromatic rings. The SMILES string of the molecule is COc1ccc(-c2c(N)n[nH]c2-c2cc(OC)c3c(c2)OCO3)cc1. The molecule has 0 radical (unpaired) electrons. The lowest BCUT2D eigenvalue weighted by molar-refractivity contribution is 0.171. The lowest BCUT2D eigenvalue weighted by atomic mass is 10.00. The fourth-order valence-electron chi connectivity index (χ4n) is 2.89. The number of benzene rings is 2. The predicted octanol–water partition coefficient (Wildman–Crippen LogP) is 3.07. The number of methoxy groups -OCH3 is 2. The third-order valence-electron chi connectivity index (χ3n) is 4.12. The predicted molar refractivity (Wildman–Crippen MR) is 93.1 cm³/mol. The van der Waals surface area contributed by atoms with Gasteiger partial charge in [0.25, 0.3) is 0 Å². The van der Waals surface area contributed by atoms with Crippen LogP contribution >= 0.6 is 0 Å². The van der Waals surface area contributed by atoms with Gasteiger partial charge in [-0.1, -0.05) is 12.1 Å². The van der Waals surface area contributed by atoms with E-state index in [-0.39, 0.29) is 6.79 Å². The molecule has 1 aliphatic rings. The van der Waals surface area contributed by atoms with Gasteiger partial charge < -0.3 is 24.7 Å². The Hall–Kier alpha value is -3.35. The van der Waals surface area contributed by atoms with Crippen LogP contribution in [0.1, 0.15) is 0 Å². The molecule has 0 amide bonds. The van der Waals surface area contributed by atoms with E-state index in [0.717, 1.165) is 28.1 Å². The maximum Gasteiger partial charge on any atom is 0.231 e. The molecule has 2 aromatic carbocycles. The third kappa shape index (κ3) is 2.50. The number of fused-ring (bicyclic) bond motifs is 1. The average molecular weight is 339 g/mol. The highest BCUT2D eigenvalue weighted by Crippen LogP contribution is 2.46. The zero-order chi connectivity index (χ0) is 17.4. The zero-order valence-electron chi connectivity index (χ0n) is 13.8. The van der Waals surface area contributed by atoms with Crippen molar-refractivity contribution in [2.24, 2.45) is 0 Å². The van der Waals surface area contributed by atoms with Crippen LogP contribution in [-0.2, 0) is 0 Å². The maximum absolute atomic E-state index is 6.10. The number of nitrogens with zero attached hydrogens (tertiary/aromatic N) is 1. The van der Waals surface area contributed by atoms with Crippen molar-refractivity contribution in [3.63, 3.8) is 0 Å². The van der Waals surface area contributed by atoms with Crippen LogP contribution in [0.5, 0.6) is 23.0 Å². The first-order chi connectivity index (χ1) is 12.2. The Labute approximate surface area is 144 Å². The Morgan fingerprint density at radius 2 is 1.84 bits per heavy atom. The van der Waals surface area contributed by atoms with Crippen molar-refractivity contribution in [2.45, 2.75) is 0 Å². The van der Waals surface area contributed by atoms with Crippen LogP contribution in [0.25, 0.3) is 22.4 Å². The largest absolute Gasteiger partial charge is 0.497 e. The Morgan fingerprint density at radius 3 is 2.56 bits per heavy atom. The van der Waals surface area contributed by atoms with E-state index in [4.69, 9.17) is 24.7 Å². The molecule has 0 atom stereocenters. The molecule has 0 spiro atoms. The number of hydrogen-bond donors (Lipinski definition) is 2. The number of aromatic amines is 1. The quantitative estimate of drug-likeness (QED) is 0.759. The Kier molecular flexibility index (Phi) is 3.61. The molecule has 0 bridgehead atoms. The summed E-state index contributed by atoms with van der Waals surface area (Å²) in [4.78, 5) is 0. The van der Waals surface area contributed by atoms with Gasteiger partial charge in [0.05, 0.1) is 25.5 Å². The minimum Gasteiger partial charge on any atom is -0.497 e. The van der Waals surface area contributed by atoms with Crippen LogP contribution < -0.4 is 24.7 Å². The fourth-order valence-corrected chi connectivity index (χ4v) is 2.89. The maximum atomic E-state index is 6.10. The van der Waals surface area contributed by atoms with Crippen LogP contribution in [-0.4, -0.2) is 31.2 Å². The van der Waals surface area contributed by atoms with E-state index in [9.17, 15) is 0 Å². The lowest BCUT2D eigenvalue weighted by Gasteiger charge is -2.09. The summed E-state index contributed by atoms with van der Waals surface area (Å²) in [6.45, 7) is 0.172. The zero-order valence-corrected chi connectivity index (χ0v) is 13.8. The molecule has 7 nitrogen and oxygen atoms in total. The summed E-state index contributed by atoms with van der Waals surface area (Å²) >= 11 is 0. The van der Waals surface area contributed by atoms with Crippen LogP contribution in [0.15, 0.2) is 36.4 Å². The van der Waals surface area contributed by atoms with Crippen molar-refractivity contribution in [3.8, 4) is 45.4 Å². The van der Waals surface area contributed by atoms with E-state index in [0.29, 0.717) is 23.1 Å². The van der Waals surface area contributed by atoms with E-state index in [1.165, 1.54) is 0 Å². The first-order valence-corrected chi connectivity index (χ1v) is 7.67. The van der Waals surface area contributed by atoms with Gasteiger partial charge >= 0.3 is 0 Å². The van der Waals surface area contributed by atoms with Gasteiger partial charge in [0.2, 0.25) is 12.5 Å². The second-order valence-corrected chi connectivity index (χ2v) is 5.50. The molecule has 0 unspecified atom stereocenters. The Balaban J connectivity index is 1.84. The Morgan fingerprint density at radius 1 is 1.04 bits per heavy atom. The van der Waals surface area contributed by atoms with Gasteiger partial charge in [-0.15, -0.1) is 0 Å². The van der Waals surface area contributed by atoms with Crippen molar-refractivity contribution >= 4 is 5.82 Å². The summed E-state index contributed by atoms with van der Waals surface area (Å²) in [5, 5.41) is 7.17. The summed E-state index contributed by atoms with van der Waals surface area (Å²) in [6, 6.07) is 11.4. The number of aromatic nitrogens is 2. The number of rotatable bonds is 4. The third-order valence-corrected chi connectivity index (χ3v) is 4.12. The van der Waals surface area contributed by atoms with Crippen LogP contribution in [0.4, 0.5) is 5.82 Å². The highest BCUT2D eigenvalue weighted by atomic mass is 16.7. The molecule has 4 rings (SSSR count). The number of nitrogens with two attached hydrogens (primary N) is 1. The number of anilines is 1. The number of nitrogens with one attached hydrogen (secondary N) is 1. The number of nitrogen functional groups attached to an aromatic ring is 1. The summed E-state index contributed by atoms with van der Waals surface area (Å²) in [6.07, 6.45) is 0. The molecule has 0 saturated carbocycles. The van der Waals surface area contributed by atoms with Crippen LogP contribution in [0.3, 0.4) is 0 Å². The first-order valence-electron chi connectivity index (χ1n) is 7.67.